The van der Waals surface area contributed by atoms with Crippen LogP contribution in [0.25, 0.3) is 0 Å². The predicted molar refractivity (Wildman–Crippen MR) is 72.8 cm³/mol. The number of para-hydroxylation sites is 2. The Morgan fingerprint density at radius 1 is 0.833 bits per heavy atom. The number of hydrogen-bond donors (Lipinski definition) is 0. The van der Waals surface area contributed by atoms with Crippen molar-refractivity contribution < 1.29 is 4.74 Å². The topological polar surface area (TPSA) is 34.0 Å². The molecule has 0 aliphatic carbocycles. The maximum Gasteiger partial charge on any atom is 0.228 e. The molecule has 0 bridgehead atoms. The van der Waals surface area contributed by atoms with Crippen molar-refractivity contribution >= 4 is 17.4 Å². The van der Waals surface area contributed by atoms with Crippen LogP contribution in [0.1, 0.15) is 12.5 Å². The van der Waals surface area contributed by atoms with Crippen LogP contribution < -0.4 is 4.74 Å². The average molecular weight is 236 g/mol. The van der Waals surface area contributed by atoms with E-state index < -0.39 is 0 Å². The van der Waals surface area contributed by atoms with E-state index in [1.54, 1.807) is 0 Å². The minimum atomic E-state index is 0.585. The Bertz CT molecular complexity index is 630. The Labute approximate surface area is 105 Å². The van der Waals surface area contributed by atoms with Gasteiger partial charge in [0.2, 0.25) is 5.90 Å². The Balaban J connectivity index is 2.08. The van der Waals surface area contributed by atoms with E-state index in [2.05, 4.69) is 9.98 Å². The number of amidine groups is 1. The molecule has 3 heteroatoms. The van der Waals surface area contributed by atoms with Crippen molar-refractivity contribution in [3.63, 3.8) is 0 Å². The minimum Gasteiger partial charge on any atom is -0.436 e. The maximum absolute atomic E-state index is 5.85. The van der Waals surface area contributed by atoms with Gasteiger partial charge in [-0.2, -0.15) is 4.99 Å². The van der Waals surface area contributed by atoms with Gasteiger partial charge in [0.15, 0.2) is 5.75 Å². The SMILES string of the molecule is CC1=Nc2ccccc2OC(c2ccccc2)=N1. The fourth-order valence-corrected chi connectivity index (χ4v) is 1.81. The highest BCUT2D eigenvalue weighted by molar-refractivity contribution is 6.05. The Kier molecular flexibility index (Phi) is 2.65. The summed E-state index contributed by atoms with van der Waals surface area (Å²) in [6.07, 6.45) is 0. The molecule has 0 unspecified atom stereocenters. The number of aliphatic imine (C=N–C) groups is 2. The zero-order chi connectivity index (χ0) is 12.4. The Morgan fingerprint density at radius 2 is 1.56 bits per heavy atom. The molecule has 0 saturated carbocycles. The molecular weight excluding hydrogens is 224 g/mol. The summed E-state index contributed by atoms with van der Waals surface area (Å²) in [4.78, 5) is 8.82. The molecule has 2 aromatic rings. The van der Waals surface area contributed by atoms with Gasteiger partial charge in [-0.25, -0.2) is 4.99 Å². The highest BCUT2D eigenvalue weighted by Gasteiger charge is 2.13. The van der Waals surface area contributed by atoms with E-state index in [1.165, 1.54) is 0 Å². The van der Waals surface area contributed by atoms with Crippen molar-refractivity contribution in [2.45, 2.75) is 6.92 Å². The van der Waals surface area contributed by atoms with E-state index in [-0.39, 0.29) is 0 Å². The molecule has 0 N–H and O–H groups in total. The molecule has 3 rings (SSSR count). The smallest absolute Gasteiger partial charge is 0.228 e. The first-order valence-corrected chi connectivity index (χ1v) is 5.79. The summed E-state index contributed by atoms with van der Waals surface area (Å²) >= 11 is 0. The summed E-state index contributed by atoms with van der Waals surface area (Å²) in [6, 6.07) is 17.5. The maximum atomic E-state index is 5.85. The quantitative estimate of drug-likeness (QED) is 0.745. The number of rotatable bonds is 1. The molecule has 0 amide bonds. The van der Waals surface area contributed by atoms with Crippen LogP contribution in [-0.4, -0.2) is 11.7 Å². The zero-order valence-corrected chi connectivity index (χ0v) is 10.00. The van der Waals surface area contributed by atoms with Crippen molar-refractivity contribution in [3.8, 4) is 5.75 Å². The lowest BCUT2D eigenvalue weighted by Crippen LogP contribution is -2.10. The molecule has 1 heterocycles. The molecule has 2 aromatic carbocycles. The average Bonchev–Trinajstić information content (AvgIpc) is 2.57. The molecular formula is C15H12N2O. The number of nitrogens with zero attached hydrogens (tertiary/aromatic N) is 2. The van der Waals surface area contributed by atoms with Crippen LogP contribution in [0.2, 0.25) is 0 Å². The summed E-state index contributed by atoms with van der Waals surface area (Å²) in [7, 11) is 0. The van der Waals surface area contributed by atoms with Crippen LogP contribution in [-0.2, 0) is 0 Å². The number of hydrogen-bond acceptors (Lipinski definition) is 3. The summed E-state index contributed by atoms with van der Waals surface area (Å²) in [5, 5.41) is 0. The second kappa shape index (κ2) is 4.45. The second-order valence-corrected chi connectivity index (χ2v) is 4.01. The molecule has 0 radical (unpaired) electrons. The number of ether oxygens (including phenoxy) is 1. The Hall–Kier alpha value is -2.42. The monoisotopic (exact) mass is 236 g/mol. The fourth-order valence-electron chi connectivity index (χ4n) is 1.81. The van der Waals surface area contributed by atoms with Gasteiger partial charge in [0.1, 0.15) is 11.5 Å². The van der Waals surface area contributed by atoms with Crippen molar-refractivity contribution in [2.24, 2.45) is 9.98 Å². The van der Waals surface area contributed by atoms with E-state index in [9.17, 15) is 0 Å². The fraction of sp³-hybridized carbons (Fsp3) is 0.0667. The summed E-state index contributed by atoms with van der Waals surface area (Å²) in [6.45, 7) is 1.87. The van der Waals surface area contributed by atoms with Crippen LogP contribution in [0.3, 0.4) is 0 Å². The Morgan fingerprint density at radius 3 is 2.39 bits per heavy atom. The van der Waals surface area contributed by atoms with Crippen LogP contribution in [0.5, 0.6) is 5.75 Å². The largest absolute Gasteiger partial charge is 0.436 e. The molecule has 0 atom stereocenters. The first-order valence-electron chi connectivity index (χ1n) is 5.79. The van der Waals surface area contributed by atoms with E-state index in [1.807, 2.05) is 61.5 Å². The second-order valence-electron chi connectivity index (χ2n) is 4.01. The molecule has 0 saturated heterocycles. The normalized spacial score (nSPS) is 13.8. The van der Waals surface area contributed by atoms with E-state index in [4.69, 9.17) is 4.74 Å². The highest BCUT2D eigenvalue weighted by atomic mass is 16.5. The molecule has 0 fully saturated rings. The van der Waals surface area contributed by atoms with Crippen LogP contribution in [0, 0.1) is 0 Å². The molecule has 3 nitrogen and oxygen atoms in total. The van der Waals surface area contributed by atoms with Gasteiger partial charge in [0.25, 0.3) is 0 Å². The van der Waals surface area contributed by atoms with Gasteiger partial charge >= 0.3 is 0 Å². The van der Waals surface area contributed by atoms with Crippen molar-refractivity contribution in [3.05, 3.63) is 60.2 Å². The van der Waals surface area contributed by atoms with Gasteiger partial charge in [0.05, 0.1) is 0 Å². The third-order valence-corrected chi connectivity index (χ3v) is 2.64. The molecule has 1 aliphatic heterocycles. The van der Waals surface area contributed by atoms with Crippen LogP contribution in [0.15, 0.2) is 64.6 Å². The van der Waals surface area contributed by atoms with E-state index >= 15 is 0 Å². The van der Waals surface area contributed by atoms with E-state index in [0.717, 1.165) is 17.0 Å². The third-order valence-electron chi connectivity index (χ3n) is 2.64. The number of benzene rings is 2. The van der Waals surface area contributed by atoms with Gasteiger partial charge in [-0.1, -0.05) is 30.3 Å². The lowest BCUT2D eigenvalue weighted by Gasteiger charge is -2.07. The van der Waals surface area contributed by atoms with Gasteiger partial charge in [-0.15, -0.1) is 0 Å². The highest BCUT2D eigenvalue weighted by Crippen LogP contribution is 2.29. The number of fused-ring (bicyclic) bond motifs is 1. The van der Waals surface area contributed by atoms with Gasteiger partial charge in [-0.3, -0.25) is 0 Å². The molecule has 0 aromatic heterocycles. The molecule has 88 valence electrons. The standard InChI is InChI=1S/C15H12N2O/c1-11-16-13-9-5-6-10-14(13)18-15(17-11)12-7-3-2-4-8-12/h2-10H,1H3. The summed E-state index contributed by atoms with van der Waals surface area (Å²) in [5.41, 5.74) is 1.76. The zero-order valence-electron chi connectivity index (χ0n) is 10.00. The first-order chi connectivity index (χ1) is 8.83. The van der Waals surface area contributed by atoms with E-state index in [0.29, 0.717) is 11.7 Å². The third kappa shape index (κ3) is 2.02. The minimum absolute atomic E-state index is 0.585. The molecule has 18 heavy (non-hydrogen) atoms. The summed E-state index contributed by atoms with van der Waals surface area (Å²) < 4.78 is 5.85. The van der Waals surface area contributed by atoms with Crippen molar-refractivity contribution in [2.75, 3.05) is 0 Å². The van der Waals surface area contributed by atoms with Crippen molar-refractivity contribution in [1.29, 1.82) is 0 Å². The van der Waals surface area contributed by atoms with Gasteiger partial charge in [-0.05, 0) is 31.2 Å². The van der Waals surface area contributed by atoms with Gasteiger partial charge in [0, 0.05) is 5.56 Å². The predicted octanol–water partition coefficient (Wildman–Crippen LogP) is 3.58. The first kappa shape index (κ1) is 10.7. The van der Waals surface area contributed by atoms with Crippen molar-refractivity contribution in [1.82, 2.24) is 0 Å². The lowest BCUT2D eigenvalue weighted by atomic mass is 10.2. The van der Waals surface area contributed by atoms with Crippen LogP contribution >= 0.6 is 0 Å². The van der Waals surface area contributed by atoms with Gasteiger partial charge < -0.3 is 4.74 Å². The molecule has 1 aliphatic rings. The summed E-state index contributed by atoms with van der Waals surface area (Å²) in [5.74, 6) is 2.01. The lowest BCUT2D eigenvalue weighted by molar-refractivity contribution is 0.557. The van der Waals surface area contributed by atoms with Crippen LogP contribution in [0.4, 0.5) is 5.69 Å². The molecule has 0 spiro atoms.